The lowest BCUT2D eigenvalue weighted by molar-refractivity contribution is 0.102. The lowest BCUT2D eigenvalue weighted by atomic mass is 10.2. The molecule has 3 aromatic carbocycles. The smallest absolute Gasteiger partial charge is 0.322 e. The van der Waals surface area contributed by atoms with E-state index in [0.29, 0.717) is 22.6 Å². The van der Waals surface area contributed by atoms with Crippen molar-refractivity contribution in [1.82, 2.24) is 4.72 Å². The van der Waals surface area contributed by atoms with Crippen LogP contribution in [0.3, 0.4) is 0 Å². The third-order valence-corrected chi connectivity index (χ3v) is 5.56. The lowest BCUT2D eigenvalue weighted by Gasteiger charge is -2.09. The molecule has 0 aliphatic heterocycles. The molecule has 0 saturated heterocycles. The first-order valence-electron chi connectivity index (χ1n) is 8.95. The van der Waals surface area contributed by atoms with Gasteiger partial charge in [-0.3, -0.25) is 4.79 Å². The van der Waals surface area contributed by atoms with Gasteiger partial charge in [-0.1, -0.05) is 18.2 Å². The monoisotopic (exact) mass is 424 g/mol. The molecule has 0 saturated carbocycles. The molecule has 0 aliphatic rings. The van der Waals surface area contributed by atoms with Gasteiger partial charge in [0.1, 0.15) is 0 Å². The highest BCUT2D eigenvalue weighted by Crippen LogP contribution is 2.16. The van der Waals surface area contributed by atoms with E-state index in [1.807, 2.05) is 18.2 Å². The number of rotatable bonds is 6. The normalized spacial score (nSPS) is 10.8. The van der Waals surface area contributed by atoms with E-state index in [-0.39, 0.29) is 16.8 Å². The molecule has 3 rings (SSSR count). The molecule has 0 unspecified atom stereocenters. The van der Waals surface area contributed by atoms with Crippen LogP contribution in [0.2, 0.25) is 0 Å². The minimum atomic E-state index is -3.56. The Hall–Kier alpha value is -3.69. The van der Waals surface area contributed by atoms with Crippen molar-refractivity contribution >= 4 is 39.0 Å². The Morgan fingerprint density at radius 3 is 1.70 bits per heavy atom. The number of carbonyl (C=O) groups is 2. The fraction of sp³-hybridized carbons (Fsp3) is 0.0476. The Bertz CT molecular complexity index is 1130. The van der Waals surface area contributed by atoms with Gasteiger partial charge in [-0.2, -0.15) is 0 Å². The summed E-state index contributed by atoms with van der Waals surface area (Å²) in [6.07, 6.45) is 0. The van der Waals surface area contributed by atoms with Crippen molar-refractivity contribution in [3.63, 3.8) is 0 Å². The molecule has 9 heteroatoms. The summed E-state index contributed by atoms with van der Waals surface area (Å²) in [5.74, 6) is -0.383. The molecule has 3 amide bonds. The summed E-state index contributed by atoms with van der Waals surface area (Å²) >= 11 is 0. The maximum Gasteiger partial charge on any atom is 0.323 e. The van der Waals surface area contributed by atoms with Gasteiger partial charge in [-0.05, 0) is 67.7 Å². The van der Waals surface area contributed by atoms with Crippen LogP contribution in [0.25, 0.3) is 0 Å². The van der Waals surface area contributed by atoms with Crippen molar-refractivity contribution in [3.05, 3.63) is 84.4 Å². The van der Waals surface area contributed by atoms with Gasteiger partial charge in [-0.15, -0.1) is 0 Å². The molecular formula is C21H20N4O4S. The third-order valence-electron chi connectivity index (χ3n) is 4.13. The first kappa shape index (κ1) is 21.0. The quantitative estimate of drug-likeness (QED) is 0.485. The molecule has 0 spiro atoms. The summed E-state index contributed by atoms with van der Waals surface area (Å²) in [5.41, 5.74) is 2.07. The fourth-order valence-electron chi connectivity index (χ4n) is 2.56. The van der Waals surface area contributed by atoms with Gasteiger partial charge < -0.3 is 16.0 Å². The predicted octanol–water partition coefficient (Wildman–Crippen LogP) is 3.49. The van der Waals surface area contributed by atoms with Crippen LogP contribution < -0.4 is 20.7 Å². The summed E-state index contributed by atoms with van der Waals surface area (Å²) in [5, 5.41) is 8.13. The van der Waals surface area contributed by atoms with Crippen molar-refractivity contribution in [2.45, 2.75) is 4.90 Å². The Labute approximate surface area is 174 Å². The summed E-state index contributed by atoms with van der Waals surface area (Å²) in [6, 6.07) is 20.9. The molecule has 30 heavy (non-hydrogen) atoms. The number of urea groups is 1. The van der Waals surface area contributed by atoms with E-state index >= 15 is 0 Å². The molecule has 0 fully saturated rings. The van der Waals surface area contributed by atoms with E-state index in [0.717, 1.165) is 0 Å². The molecule has 0 atom stereocenters. The van der Waals surface area contributed by atoms with Crippen LogP contribution in [0.5, 0.6) is 0 Å². The topological polar surface area (TPSA) is 116 Å². The standard InChI is InChI=1S/C21H20N4O4S/c1-22-30(28,29)19-13-7-15(8-14-19)20(26)23-17-9-11-18(12-10-17)25-21(27)24-16-5-3-2-4-6-16/h2-14,22H,1H3,(H,23,26)(H2,24,25,27). The highest BCUT2D eigenvalue weighted by molar-refractivity contribution is 7.89. The fourth-order valence-corrected chi connectivity index (χ4v) is 3.29. The number of hydrogen-bond acceptors (Lipinski definition) is 4. The molecule has 4 N–H and O–H groups in total. The molecule has 0 bridgehead atoms. The maximum absolute atomic E-state index is 12.4. The second kappa shape index (κ2) is 9.21. The summed E-state index contributed by atoms with van der Waals surface area (Å²) in [7, 11) is -2.24. The third kappa shape index (κ3) is 5.43. The Balaban J connectivity index is 1.58. The minimum absolute atomic E-state index is 0.0748. The summed E-state index contributed by atoms with van der Waals surface area (Å²) in [6.45, 7) is 0. The lowest BCUT2D eigenvalue weighted by Crippen LogP contribution is -2.19. The van der Waals surface area contributed by atoms with Crippen LogP contribution in [-0.2, 0) is 10.0 Å². The van der Waals surface area contributed by atoms with Crippen molar-refractivity contribution in [1.29, 1.82) is 0 Å². The molecule has 3 aromatic rings. The molecular weight excluding hydrogens is 404 g/mol. The Morgan fingerprint density at radius 2 is 1.17 bits per heavy atom. The zero-order chi connectivity index (χ0) is 21.6. The maximum atomic E-state index is 12.4. The van der Waals surface area contributed by atoms with Crippen LogP contribution in [0.4, 0.5) is 21.9 Å². The highest BCUT2D eigenvalue weighted by Gasteiger charge is 2.13. The van der Waals surface area contributed by atoms with Gasteiger partial charge in [0.05, 0.1) is 4.90 Å². The highest BCUT2D eigenvalue weighted by atomic mass is 32.2. The molecule has 0 aromatic heterocycles. The van der Waals surface area contributed by atoms with E-state index in [2.05, 4.69) is 20.7 Å². The summed E-state index contributed by atoms with van der Waals surface area (Å²) in [4.78, 5) is 24.4. The first-order chi connectivity index (χ1) is 14.4. The number of hydrogen-bond donors (Lipinski definition) is 4. The molecule has 0 aliphatic carbocycles. The van der Waals surface area contributed by atoms with E-state index in [4.69, 9.17) is 0 Å². The number of sulfonamides is 1. The SMILES string of the molecule is CNS(=O)(=O)c1ccc(C(=O)Nc2ccc(NC(=O)Nc3ccccc3)cc2)cc1. The van der Waals surface area contributed by atoms with E-state index in [1.165, 1.54) is 31.3 Å². The average Bonchev–Trinajstić information content (AvgIpc) is 2.76. The predicted molar refractivity (Wildman–Crippen MR) is 116 cm³/mol. The van der Waals surface area contributed by atoms with Crippen molar-refractivity contribution < 1.29 is 18.0 Å². The second-order valence-corrected chi connectivity index (χ2v) is 8.10. The second-order valence-electron chi connectivity index (χ2n) is 6.21. The Kier molecular flexibility index (Phi) is 6.45. The van der Waals surface area contributed by atoms with Crippen LogP contribution >= 0.6 is 0 Å². The number of anilines is 3. The minimum Gasteiger partial charge on any atom is -0.322 e. The number of benzene rings is 3. The molecule has 0 heterocycles. The van der Waals surface area contributed by atoms with Crippen LogP contribution in [-0.4, -0.2) is 27.4 Å². The average molecular weight is 424 g/mol. The van der Waals surface area contributed by atoms with Gasteiger partial charge in [0, 0.05) is 22.6 Å². The number of nitrogens with one attached hydrogen (secondary N) is 4. The summed E-state index contributed by atoms with van der Waals surface area (Å²) < 4.78 is 25.7. The van der Waals surface area contributed by atoms with Crippen LogP contribution in [0.1, 0.15) is 10.4 Å². The number of para-hydroxylation sites is 1. The Morgan fingerprint density at radius 1 is 0.667 bits per heavy atom. The number of amides is 3. The molecule has 0 radical (unpaired) electrons. The van der Waals surface area contributed by atoms with Gasteiger partial charge >= 0.3 is 6.03 Å². The van der Waals surface area contributed by atoms with E-state index in [1.54, 1.807) is 36.4 Å². The molecule has 154 valence electrons. The van der Waals surface area contributed by atoms with Gasteiger partial charge in [-0.25, -0.2) is 17.9 Å². The molecule has 8 nitrogen and oxygen atoms in total. The van der Waals surface area contributed by atoms with E-state index < -0.39 is 10.0 Å². The van der Waals surface area contributed by atoms with Crippen molar-refractivity contribution in [3.8, 4) is 0 Å². The van der Waals surface area contributed by atoms with Gasteiger partial charge in [0.15, 0.2) is 0 Å². The van der Waals surface area contributed by atoms with E-state index in [9.17, 15) is 18.0 Å². The van der Waals surface area contributed by atoms with Crippen molar-refractivity contribution in [2.75, 3.05) is 23.0 Å². The zero-order valence-corrected chi connectivity index (χ0v) is 16.9. The zero-order valence-electron chi connectivity index (χ0n) is 16.0. The first-order valence-corrected chi connectivity index (χ1v) is 10.4. The number of carbonyl (C=O) groups excluding carboxylic acids is 2. The van der Waals surface area contributed by atoms with Crippen LogP contribution in [0, 0.1) is 0 Å². The van der Waals surface area contributed by atoms with Gasteiger partial charge in [0.25, 0.3) is 5.91 Å². The van der Waals surface area contributed by atoms with Crippen molar-refractivity contribution in [2.24, 2.45) is 0 Å². The largest absolute Gasteiger partial charge is 0.323 e. The van der Waals surface area contributed by atoms with Crippen LogP contribution in [0.15, 0.2) is 83.8 Å². The van der Waals surface area contributed by atoms with Gasteiger partial charge in [0.2, 0.25) is 10.0 Å².